The maximum absolute atomic E-state index is 12.1. The quantitative estimate of drug-likeness (QED) is 0.799. The Bertz CT molecular complexity index is 520. The highest BCUT2D eigenvalue weighted by molar-refractivity contribution is 7.89. The second-order valence-electron chi connectivity index (χ2n) is 4.84. The number of aliphatic hydroxyl groups is 1. The lowest BCUT2D eigenvalue weighted by atomic mass is 10.0. The van der Waals surface area contributed by atoms with Crippen molar-refractivity contribution < 1.29 is 18.3 Å². The molecule has 1 aromatic rings. The highest BCUT2D eigenvalue weighted by atomic mass is 32.2. The molecule has 7 heteroatoms. The van der Waals surface area contributed by atoms with Crippen molar-refractivity contribution in [2.75, 3.05) is 20.3 Å². The van der Waals surface area contributed by atoms with Gasteiger partial charge in [-0.2, -0.15) is 0 Å². The smallest absolute Gasteiger partial charge is 0.241 e. The standard InChI is InChI=1S/C12H21NO4S2/c1-9-7-11(10(2)18-9)19(15,16)13-8-12(3,14)5-6-17-4/h7,13-14H,5-6,8H2,1-4H3. The van der Waals surface area contributed by atoms with Crippen LogP contribution in [0.4, 0.5) is 0 Å². The van der Waals surface area contributed by atoms with Gasteiger partial charge in [-0.1, -0.05) is 0 Å². The van der Waals surface area contributed by atoms with Crippen molar-refractivity contribution in [2.45, 2.75) is 37.7 Å². The third kappa shape index (κ3) is 4.85. The minimum atomic E-state index is -3.57. The third-order valence-electron chi connectivity index (χ3n) is 2.77. The zero-order valence-electron chi connectivity index (χ0n) is 11.7. The number of hydrogen-bond donors (Lipinski definition) is 2. The molecule has 5 nitrogen and oxygen atoms in total. The van der Waals surface area contributed by atoms with Crippen LogP contribution in [-0.2, 0) is 14.8 Å². The van der Waals surface area contributed by atoms with Gasteiger partial charge in [-0.25, -0.2) is 13.1 Å². The maximum Gasteiger partial charge on any atom is 0.241 e. The first-order chi connectivity index (χ1) is 8.68. The maximum atomic E-state index is 12.1. The Morgan fingerprint density at radius 3 is 2.58 bits per heavy atom. The average Bonchev–Trinajstić information content (AvgIpc) is 2.65. The van der Waals surface area contributed by atoms with E-state index in [4.69, 9.17) is 4.74 Å². The number of aryl methyl sites for hydroxylation is 2. The largest absolute Gasteiger partial charge is 0.389 e. The molecule has 19 heavy (non-hydrogen) atoms. The molecule has 0 amide bonds. The van der Waals surface area contributed by atoms with Crippen LogP contribution in [0.5, 0.6) is 0 Å². The summed E-state index contributed by atoms with van der Waals surface area (Å²) in [6.07, 6.45) is 0.369. The summed E-state index contributed by atoms with van der Waals surface area (Å²) in [5.74, 6) is 0. The SMILES string of the molecule is COCCC(C)(O)CNS(=O)(=O)c1cc(C)sc1C. The molecule has 0 aliphatic carbocycles. The van der Waals surface area contributed by atoms with Gasteiger partial charge >= 0.3 is 0 Å². The van der Waals surface area contributed by atoms with E-state index in [-0.39, 0.29) is 11.4 Å². The zero-order chi connectivity index (χ0) is 14.7. The predicted molar refractivity (Wildman–Crippen MR) is 76.1 cm³/mol. The molecule has 0 saturated carbocycles. The van der Waals surface area contributed by atoms with Gasteiger partial charge in [0.2, 0.25) is 10.0 Å². The average molecular weight is 307 g/mol. The molecule has 0 radical (unpaired) electrons. The van der Waals surface area contributed by atoms with Gasteiger partial charge in [-0.3, -0.25) is 0 Å². The summed E-state index contributed by atoms with van der Waals surface area (Å²) >= 11 is 1.44. The summed E-state index contributed by atoms with van der Waals surface area (Å²) in [6, 6.07) is 1.65. The molecule has 110 valence electrons. The number of hydrogen-bond acceptors (Lipinski definition) is 5. The van der Waals surface area contributed by atoms with Crippen LogP contribution in [0.1, 0.15) is 23.1 Å². The minimum absolute atomic E-state index is 0.0347. The summed E-state index contributed by atoms with van der Waals surface area (Å²) in [6.45, 7) is 5.57. The number of sulfonamides is 1. The van der Waals surface area contributed by atoms with Gasteiger partial charge < -0.3 is 9.84 Å². The Kier molecular flexibility index (Phi) is 5.52. The highest BCUT2D eigenvalue weighted by Crippen LogP contribution is 2.25. The Balaban J connectivity index is 2.73. The van der Waals surface area contributed by atoms with E-state index in [1.165, 1.54) is 18.4 Å². The first kappa shape index (κ1) is 16.6. The number of thiophene rings is 1. The molecule has 0 saturated heterocycles. The van der Waals surface area contributed by atoms with Crippen molar-refractivity contribution in [1.29, 1.82) is 0 Å². The molecule has 1 heterocycles. The van der Waals surface area contributed by atoms with Crippen LogP contribution in [0.3, 0.4) is 0 Å². The Labute approximate surface area is 118 Å². The van der Waals surface area contributed by atoms with Crippen molar-refractivity contribution >= 4 is 21.4 Å². The molecule has 1 unspecified atom stereocenters. The van der Waals surface area contributed by atoms with Crippen LogP contribution in [-0.4, -0.2) is 39.4 Å². The molecule has 2 N–H and O–H groups in total. The molecule has 1 atom stereocenters. The van der Waals surface area contributed by atoms with Gasteiger partial charge in [0.25, 0.3) is 0 Å². The third-order valence-corrected chi connectivity index (χ3v) is 5.40. The van der Waals surface area contributed by atoms with Crippen LogP contribution < -0.4 is 4.72 Å². The van der Waals surface area contributed by atoms with Crippen LogP contribution in [0.15, 0.2) is 11.0 Å². The zero-order valence-corrected chi connectivity index (χ0v) is 13.3. The van der Waals surface area contributed by atoms with Gasteiger partial charge in [-0.15, -0.1) is 11.3 Å². The summed E-state index contributed by atoms with van der Waals surface area (Å²) in [5.41, 5.74) is -1.12. The monoisotopic (exact) mass is 307 g/mol. The highest BCUT2D eigenvalue weighted by Gasteiger charge is 2.25. The van der Waals surface area contributed by atoms with E-state index in [2.05, 4.69) is 4.72 Å². The lowest BCUT2D eigenvalue weighted by Crippen LogP contribution is -2.41. The van der Waals surface area contributed by atoms with E-state index in [0.29, 0.717) is 13.0 Å². The molecule has 1 aromatic heterocycles. The first-order valence-electron chi connectivity index (χ1n) is 5.96. The molecule has 0 fully saturated rings. The number of ether oxygens (including phenoxy) is 1. The number of rotatable bonds is 7. The molecular weight excluding hydrogens is 286 g/mol. The molecule has 0 aliphatic heterocycles. The first-order valence-corrected chi connectivity index (χ1v) is 8.26. The normalized spacial score (nSPS) is 15.4. The summed E-state index contributed by atoms with van der Waals surface area (Å²) in [5, 5.41) is 10.0. The Hall–Kier alpha value is -0.470. The molecule has 0 spiro atoms. The minimum Gasteiger partial charge on any atom is -0.389 e. The Morgan fingerprint density at radius 2 is 2.11 bits per heavy atom. The van der Waals surface area contributed by atoms with Gasteiger partial charge in [0, 0.05) is 36.4 Å². The van der Waals surface area contributed by atoms with Crippen LogP contribution in [0.2, 0.25) is 0 Å². The van der Waals surface area contributed by atoms with Crippen LogP contribution in [0.25, 0.3) is 0 Å². The summed E-state index contributed by atoms with van der Waals surface area (Å²) < 4.78 is 31.6. The molecular formula is C12H21NO4S2. The topological polar surface area (TPSA) is 75.6 Å². The lowest BCUT2D eigenvalue weighted by Gasteiger charge is -2.23. The molecule has 0 bridgehead atoms. The van der Waals surface area contributed by atoms with Gasteiger partial charge in [0.15, 0.2) is 0 Å². The fourth-order valence-electron chi connectivity index (χ4n) is 1.61. The fraction of sp³-hybridized carbons (Fsp3) is 0.667. The number of methoxy groups -OCH3 is 1. The summed E-state index contributed by atoms with van der Waals surface area (Å²) in [7, 11) is -2.03. The van der Waals surface area contributed by atoms with E-state index in [1.54, 1.807) is 19.9 Å². The summed E-state index contributed by atoms with van der Waals surface area (Å²) in [4.78, 5) is 1.99. The second kappa shape index (κ2) is 6.32. The van der Waals surface area contributed by atoms with Gasteiger partial charge in [0.05, 0.1) is 10.5 Å². The second-order valence-corrected chi connectivity index (χ2v) is 8.04. The van der Waals surface area contributed by atoms with Gasteiger partial charge in [0.1, 0.15) is 0 Å². The van der Waals surface area contributed by atoms with E-state index >= 15 is 0 Å². The Morgan fingerprint density at radius 1 is 1.47 bits per heavy atom. The molecule has 0 aromatic carbocycles. The van der Waals surface area contributed by atoms with Crippen molar-refractivity contribution in [3.05, 3.63) is 15.8 Å². The van der Waals surface area contributed by atoms with E-state index in [9.17, 15) is 13.5 Å². The molecule has 0 aliphatic rings. The lowest BCUT2D eigenvalue weighted by molar-refractivity contribution is 0.0292. The van der Waals surface area contributed by atoms with Gasteiger partial charge in [-0.05, 0) is 26.8 Å². The van der Waals surface area contributed by atoms with Crippen LogP contribution in [0, 0.1) is 13.8 Å². The van der Waals surface area contributed by atoms with Crippen molar-refractivity contribution in [3.8, 4) is 0 Å². The van der Waals surface area contributed by atoms with Crippen molar-refractivity contribution in [3.63, 3.8) is 0 Å². The van der Waals surface area contributed by atoms with E-state index in [0.717, 1.165) is 9.75 Å². The van der Waals surface area contributed by atoms with Crippen molar-refractivity contribution in [1.82, 2.24) is 4.72 Å². The van der Waals surface area contributed by atoms with E-state index in [1.807, 2.05) is 6.92 Å². The fourth-order valence-corrected chi connectivity index (χ4v) is 4.33. The number of nitrogens with one attached hydrogen (secondary N) is 1. The molecule has 1 rings (SSSR count). The van der Waals surface area contributed by atoms with Crippen LogP contribution >= 0.6 is 11.3 Å². The van der Waals surface area contributed by atoms with E-state index < -0.39 is 15.6 Å². The van der Waals surface area contributed by atoms with Crippen molar-refractivity contribution in [2.24, 2.45) is 0 Å². The predicted octanol–water partition coefficient (Wildman–Crippen LogP) is 1.43.